The van der Waals surface area contributed by atoms with Crippen molar-refractivity contribution >= 4 is 10.9 Å². The van der Waals surface area contributed by atoms with Crippen LogP contribution in [0.2, 0.25) is 0 Å². The Morgan fingerprint density at radius 1 is 1.40 bits per heavy atom. The number of hydrazine groups is 1. The van der Waals surface area contributed by atoms with E-state index in [2.05, 4.69) is 21.9 Å². The number of ether oxygens (including phenoxy) is 1. The Bertz CT molecular complexity index is 1110. The van der Waals surface area contributed by atoms with E-state index in [-0.39, 0.29) is 23.7 Å². The van der Waals surface area contributed by atoms with Crippen molar-refractivity contribution in [2.24, 2.45) is 5.73 Å². The van der Waals surface area contributed by atoms with Crippen LogP contribution in [0.15, 0.2) is 36.7 Å². The molecule has 2 atom stereocenters. The summed E-state index contributed by atoms with van der Waals surface area (Å²) in [6, 6.07) is 10.2. The Morgan fingerprint density at radius 3 is 3.00 bits per heavy atom. The van der Waals surface area contributed by atoms with Gasteiger partial charge in [-0.15, -0.1) is 0 Å². The van der Waals surface area contributed by atoms with Crippen molar-refractivity contribution in [3.63, 3.8) is 0 Å². The van der Waals surface area contributed by atoms with E-state index in [1.807, 2.05) is 35.1 Å². The van der Waals surface area contributed by atoms with Crippen molar-refractivity contribution in [2.75, 3.05) is 13.7 Å². The second kappa shape index (κ2) is 7.41. The van der Waals surface area contributed by atoms with Crippen LogP contribution in [0.1, 0.15) is 30.9 Å². The summed E-state index contributed by atoms with van der Waals surface area (Å²) in [7, 11) is 1.71. The summed E-state index contributed by atoms with van der Waals surface area (Å²) in [5.41, 5.74) is 15.3. The van der Waals surface area contributed by atoms with Crippen LogP contribution in [0, 0.1) is 11.3 Å². The highest BCUT2D eigenvalue weighted by Crippen LogP contribution is 2.43. The molecule has 2 unspecified atom stereocenters. The van der Waals surface area contributed by atoms with E-state index in [0.29, 0.717) is 13.0 Å². The monoisotopic (exact) mass is 404 g/mol. The summed E-state index contributed by atoms with van der Waals surface area (Å²) in [6.45, 7) is 0.698. The third-order valence-electron chi connectivity index (χ3n) is 6.30. The molecule has 3 aromatic heterocycles. The molecule has 9 heteroatoms. The maximum absolute atomic E-state index is 9.36. The first-order chi connectivity index (χ1) is 14.6. The number of hydrogen-bond donors (Lipinski definition) is 3. The van der Waals surface area contributed by atoms with Gasteiger partial charge in [-0.25, -0.2) is 10.4 Å². The molecule has 2 fully saturated rings. The number of aromatic nitrogens is 4. The molecule has 0 aromatic carbocycles. The zero-order valence-electron chi connectivity index (χ0n) is 16.7. The molecule has 154 valence electrons. The van der Waals surface area contributed by atoms with Gasteiger partial charge in [-0.05, 0) is 37.1 Å². The van der Waals surface area contributed by atoms with E-state index in [1.54, 1.807) is 13.3 Å². The quantitative estimate of drug-likeness (QED) is 0.582. The van der Waals surface area contributed by atoms with Gasteiger partial charge in [0.2, 0.25) is 0 Å². The predicted octanol–water partition coefficient (Wildman–Crippen LogP) is 1.39. The molecule has 9 nitrogen and oxygen atoms in total. The molecular weight excluding hydrogens is 380 g/mol. The van der Waals surface area contributed by atoms with Gasteiger partial charge in [-0.2, -0.15) is 10.4 Å². The van der Waals surface area contributed by atoms with Gasteiger partial charge in [-0.1, -0.05) is 0 Å². The predicted molar refractivity (Wildman–Crippen MR) is 111 cm³/mol. The highest BCUT2D eigenvalue weighted by Gasteiger charge is 2.47. The summed E-state index contributed by atoms with van der Waals surface area (Å²) >= 11 is 0. The lowest BCUT2D eigenvalue weighted by atomic mass is 9.72. The second-order valence-electron chi connectivity index (χ2n) is 8.09. The fraction of sp³-hybridized carbons (Fsp3) is 0.429. The lowest BCUT2D eigenvalue weighted by Crippen LogP contribution is -2.50. The average Bonchev–Trinajstić information content (AvgIpc) is 3.39. The van der Waals surface area contributed by atoms with Gasteiger partial charge >= 0.3 is 0 Å². The summed E-state index contributed by atoms with van der Waals surface area (Å²) in [5, 5.41) is 15.2. The van der Waals surface area contributed by atoms with Crippen LogP contribution in [-0.2, 0) is 10.3 Å². The number of methoxy groups -OCH3 is 1. The average molecular weight is 404 g/mol. The van der Waals surface area contributed by atoms with Gasteiger partial charge in [0.1, 0.15) is 11.4 Å². The number of nitrogens with two attached hydrogens (primary N) is 1. The van der Waals surface area contributed by atoms with Gasteiger partial charge in [0.25, 0.3) is 0 Å². The first-order valence-electron chi connectivity index (χ1n) is 10.1. The minimum Gasteiger partial charge on any atom is -0.381 e. The number of fused-ring (bicyclic) bond motifs is 1. The zero-order valence-corrected chi connectivity index (χ0v) is 16.7. The first kappa shape index (κ1) is 19.1. The lowest BCUT2D eigenvalue weighted by molar-refractivity contribution is -0.0541. The number of nitrogens with zero attached hydrogens (tertiary/aromatic N) is 5. The number of nitrogens with one attached hydrogen (secondary N) is 2. The minimum atomic E-state index is -0.318. The van der Waals surface area contributed by atoms with E-state index in [0.717, 1.165) is 40.8 Å². The zero-order chi connectivity index (χ0) is 20.7. The molecular formula is C21H24N8O. The van der Waals surface area contributed by atoms with Crippen molar-refractivity contribution in [1.82, 2.24) is 30.6 Å². The Labute approximate surface area is 174 Å². The molecule has 3 aromatic rings. The fourth-order valence-electron chi connectivity index (χ4n) is 4.51. The van der Waals surface area contributed by atoms with Crippen LogP contribution < -0.4 is 16.6 Å². The van der Waals surface area contributed by atoms with E-state index >= 15 is 0 Å². The van der Waals surface area contributed by atoms with Crippen molar-refractivity contribution in [3.8, 4) is 17.5 Å². The summed E-state index contributed by atoms with van der Waals surface area (Å²) in [4.78, 5) is 9.50. The molecule has 1 saturated carbocycles. The maximum Gasteiger partial charge on any atom is 0.111 e. The third kappa shape index (κ3) is 3.05. The van der Waals surface area contributed by atoms with Crippen LogP contribution in [0.5, 0.6) is 0 Å². The fourth-order valence-corrected chi connectivity index (χ4v) is 4.51. The number of rotatable bonds is 5. The molecule has 1 aliphatic carbocycles. The maximum atomic E-state index is 9.36. The van der Waals surface area contributed by atoms with Crippen LogP contribution in [0.3, 0.4) is 0 Å². The van der Waals surface area contributed by atoms with Crippen molar-refractivity contribution in [1.29, 1.82) is 5.26 Å². The standard InChI is InChI=1S/C21H24N8O/c1-30-13-10-21(11-13,5-6-22)29-8-4-16(28-29)19-14-3-2-7-24-17(14)9-18(26-19)15-12-25-27-20(15)23/h2-4,7-9,13,15,20,25,27H,5,10-12,23H2,1H3. The van der Waals surface area contributed by atoms with Gasteiger partial charge in [-0.3, -0.25) is 15.1 Å². The SMILES string of the molecule is COC1CC(CC#N)(n2ccc(-c3nc(C4CNNC4N)cc4ncccc34)n2)C1. The molecule has 0 bridgehead atoms. The molecule has 4 N–H and O–H groups in total. The summed E-state index contributed by atoms with van der Waals surface area (Å²) in [5.74, 6) is 0.0382. The number of hydrogen-bond acceptors (Lipinski definition) is 8. The van der Waals surface area contributed by atoms with Crippen molar-refractivity contribution in [3.05, 3.63) is 42.4 Å². The highest BCUT2D eigenvalue weighted by molar-refractivity contribution is 5.91. The molecule has 4 heterocycles. The highest BCUT2D eigenvalue weighted by atomic mass is 16.5. The van der Waals surface area contributed by atoms with E-state index < -0.39 is 0 Å². The first-order valence-corrected chi connectivity index (χ1v) is 10.1. The second-order valence-corrected chi connectivity index (χ2v) is 8.09. The Hall–Kier alpha value is -2.90. The van der Waals surface area contributed by atoms with Crippen LogP contribution in [-0.4, -0.2) is 45.7 Å². The molecule has 1 aliphatic heterocycles. The Balaban J connectivity index is 1.57. The molecule has 5 rings (SSSR count). The van der Waals surface area contributed by atoms with Gasteiger partial charge in [0.05, 0.1) is 41.5 Å². The number of pyridine rings is 2. The number of nitriles is 1. The molecule has 0 spiro atoms. The van der Waals surface area contributed by atoms with Crippen molar-refractivity contribution in [2.45, 2.75) is 43.0 Å². The Morgan fingerprint density at radius 2 is 2.27 bits per heavy atom. The normalized spacial score (nSPS) is 28.4. The van der Waals surface area contributed by atoms with Crippen molar-refractivity contribution < 1.29 is 4.74 Å². The third-order valence-corrected chi connectivity index (χ3v) is 6.30. The smallest absolute Gasteiger partial charge is 0.111 e. The minimum absolute atomic E-state index is 0.0382. The van der Waals surface area contributed by atoms with Gasteiger partial charge in [0.15, 0.2) is 0 Å². The van der Waals surface area contributed by atoms with Gasteiger partial charge < -0.3 is 10.5 Å². The van der Waals surface area contributed by atoms with E-state index in [1.165, 1.54) is 0 Å². The van der Waals surface area contributed by atoms with Gasteiger partial charge in [0, 0.05) is 37.4 Å². The molecule has 1 saturated heterocycles. The van der Waals surface area contributed by atoms with E-state index in [4.69, 9.17) is 20.6 Å². The van der Waals surface area contributed by atoms with Crippen LogP contribution in [0.4, 0.5) is 0 Å². The molecule has 2 aliphatic rings. The van der Waals surface area contributed by atoms with E-state index in [9.17, 15) is 5.26 Å². The van der Waals surface area contributed by atoms with Crippen LogP contribution >= 0.6 is 0 Å². The summed E-state index contributed by atoms with van der Waals surface area (Å²) < 4.78 is 7.36. The Kier molecular flexibility index (Phi) is 4.72. The molecule has 0 amide bonds. The molecule has 0 radical (unpaired) electrons. The topological polar surface area (TPSA) is 127 Å². The summed E-state index contributed by atoms with van der Waals surface area (Å²) in [6.07, 6.45) is 5.63. The largest absolute Gasteiger partial charge is 0.381 e. The van der Waals surface area contributed by atoms with Crippen LogP contribution in [0.25, 0.3) is 22.3 Å². The lowest BCUT2D eigenvalue weighted by Gasteiger charge is -2.45. The molecule has 30 heavy (non-hydrogen) atoms.